The standard InChI is InChI=1S/C94H148NO8P/c1-6-8-10-12-14-16-18-20-22-24-26-28-30-32-34-36-38-40-42-44-46-47-49-50-52-54-56-58-60-62-64-66-68-70-72-74-76-78-80-82-84-86-93(96)100-90-92(91-102-104(98,99)101-89-88-95(3,4)5)103-94(97)87-85-83-81-79-77-75-73-71-69-67-65-63-61-59-57-55-53-51-48-45-43-41-39-37-35-33-31-29-27-25-23-21-19-17-15-13-11-9-7-2/h8-11,14-17,20-23,26-29,32-35,38-41,44-46,48-50,53-56,59,61,65,67,71,73,92H,6-7,12-13,18-19,24-25,30-31,36-37,42-43,47,51-52,57-58,60,62-64,66,68-70,72,74-91H2,1-5H3/b10-8-,11-9-,16-14-,17-15-,22-20-,23-21-,28-26-,29-27-,34-32-,35-33-,40-38-,41-39-,46-44-,48-45-,50-49-,55-53-,56-54-,61-59-,67-65-,73-71-. The molecule has 0 aliphatic heterocycles. The van der Waals surface area contributed by atoms with Crippen molar-refractivity contribution < 1.29 is 42.1 Å². The zero-order valence-electron chi connectivity index (χ0n) is 66.4. The lowest BCUT2D eigenvalue weighted by Gasteiger charge is -2.28. The molecule has 0 rings (SSSR count). The van der Waals surface area contributed by atoms with Crippen LogP contribution in [0.25, 0.3) is 0 Å². The van der Waals surface area contributed by atoms with Crippen molar-refractivity contribution in [3.05, 3.63) is 243 Å². The Morgan fingerprint density at radius 1 is 0.298 bits per heavy atom. The maximum Gasteiger partial charge on any atom is 0.306 e. The minimum absolute atomic E-state index is 0.0471. The number of ether oxygens (including phenoxy) is 2. The van der Waals surface area contributed by atoms with Gasteiger partial charge in [0.15, 0.2) is 6.10 Å². The number of nitrogens with zero attached hydrogens (tertiary/aromatic N) is 1. The Balaban J connectivity index is 4.12. The number of hydrogen-bond donors (Lipinski definition) is 0. The monoisotopic (exact) mass is 1450 g/mol. The van der Waals surface area contributed by atoms with Crippen LogP contribution in [0.15, 0.2) is 243 Å². The lowest BCUT2D eigenvalue weighted by Crippen LogP contribution is -2.37. The van der Waals surface area contributed by atoms with E-state index in [2.05, 4.69) is 257 Å². The Morgan fingerprint density at radius 3 is 0.769 bits per heavy atom. The summed E-state index contributed by atoms with van der Waals surface area (Å²) in [6.45, 7) is 3.97. The number of unbranched alkanes of at least 4 members (excludes halogenated alkanes) is 18. The molecule has 0 aromatic rings. The molecular weight excluding hydrogens is 1300 g/mol. The molecule has 0 heterocycles. The van der Waals surface area contributed by atoms with Crippen molar-refractivity contribution in [2.24, 2.45) is 0 Å². The minimum Gasteiger partial charge on any atom is -0.756 e. The fourth-order valence-corrected chi connectivity index (χ4v) is 11.0. The molecule has 0 radical (unpaired) electrons. The molecule has 0 saturated carbocycles. The molecule has 9 nitrogen and oxygen atoms in total. The highest BCUT2D eigenvalue weighted by Gasteiger charge is 2.22. The molecule has 0 spiro atoms. The van der Waals surface area contributed by atoms with Gasteiger partial charge in [0.25, 0.3) is 7.82 Å². The van der Waals surface area contributed by atoms with Gasteiger partial charge in [-0.05, 0) is 167 Å². The number of quaternary nitrogens is 1. The number of allylic oxidation sites excluding steroid dienone is 40. The van der Waals surface area contributed by atoms with Crippen LogP contribution in [0, 0.1) is 0 Å². The third kappa shape index (κ3) is 84.7. The summed E-state index contributed by atoms with van der Waals surface area (Å²) < 4.78 is 34.4. The molecule has 2 atom stereocenters. The first-order valence-corrected chi connectivity index (χ1v) is 42.2. The molecule has 0 fully saturated rings. The zero-order valence-corrected chi connectivity index (χ0v) is 67.3. The van der Waals surface area contributed by atoms with E-state index in [0.717, 1.165) is 180 Å². The smallest absolute Gasteiger partial charge is 0.306 e. The molecule has 0 aromatic heterocycles. The van der Waals surface area contributed by atoms with Crippen LogP contribution in [0.1, 0.15) is 284 Å². The summed E-state index contributed by atoms with van der Waals surface area (Å²) in [5.74, 6) is -0.870. The highest BCUT2D eigenvalue weighted by molar-refractivity contribution is 7.45. The Kier molecular flexibility index (Phi) is 76.1. The van der Waals surface area contributed by atoms with Crippen LogP contribution in [-0.4, -0.2) is 70.0 Å². The predicted octanol–water partition coefficient (Wildman–Crippen LogP) is 27.2. The average molecular weight is 1450 g/mol. The lowest BCUT2D eigenvalue weighted by atomic mass is 10.0. The summed E-state index contributed by atoms with van der Waals surface area (Å²) in [5, 5.41) is 0. The van der Waals surface area contributed by atoms with E-state index >= 15 is 0 Å². The first-order valence-electron chi connectivity index (χ1n) is 40.7. The Hall–Kier alpha value is -6.19. The van der Waals surface area contributed by atoms with Gasteiger partial charge in [0.1, 0.15) is 19.8 Å². The van der Waals surface area contributed by atoms with Gasteiger partial charge in [-0.2, -0.15) is 0 Å². The molecule has 0 aliphatic carbocycles. The number of carbonyl (C=O) groups excluding carboxylic acids is 2. The van der Waals surface area contributed by atoms with Crippen LogP contribution in [0.3, 0.4) is 0 Å². The van der Waals surface area contributed by atoms with Crippen molar-refractivity contribution in [1.82, 2.24) is 0 Å². The van der Waals surface area contributed by atoms with E-state index in [9.17, 15) is 19.0 Å². The number of hydrogen-bond acceptors (Lipinski definition) is 8. The molecule has 104 heavy (non-hydrogen) atoms. The predicted molar refractivity (Wildman–Crippen MR) is 451 cm³/mol. The third-order valence-corrected chi connectivity index (χ3v) is 17.3. The molecule has 2 unspecified atom stereocenters. The summed E-state index contributed by atoms with van der Waals surface area (Å²) in [7, 11) is 1.12. The number of carbonyl (C=O) groups is 2. The van der Waals surface area contributed by atoms with Gasteiger partial charge in [0.05, 0.1) is 27.7 Å². The van der Waals surface area contributed by atoms with Gasteiger partial charge < -0.3 is 27.9 Å². The van der Waals surface area contributed by atoms with Crippen molar-refractivity contribution in [2.45, 2.75) is 290 Å². The van der Waals surface area contributed by atoms with Gasteiger partial charge in [-0.3, -0.25) is 14.2 Å². The summed E-state index contributed by atoms with van der Waals surface area (Å²) >= 11 is 0. The van der Waals surface area contributed by atoms with E-state index in [1.807, 2.05) is 21.1 Å². The first-order chi connectivity index (χ1) is 51.0. The Morgan fingerprint density at radius 2 is 0.519 bits per heavy atom. The molecule has 0 aliphatic rings. The SMILES string of the molecule is CC/C=C\C/C=C\C/C=C\C/C=C\C/C=C\C/C=C\C/C=C\C/C=C\C/C=C\C/C=C\C/C=C\CCCCCCCC(=O)OC(COC(=O)CCCCCCCCCCCCCCC/C=C\C/C=C\C/C=C\C/C=C\C/C=C\C/C=C\C/C=C\C/C=C\C/C=C\CC)COP(=O)([O-])OCC[N+](C)(C)C. The van der Waals surface area contributed by atoms with Crippen LogP contribution in [0.5, 0.6) is 0 Å². The van der Waals surface area contributed by atoms with E-state index in [4.69, 9.17) is 18.5 Å². The highest BCUT2D eigenvalue weighted by Crippen LogP contribution is 2.38. The topological polar surface area (TPSA) is 111 Å². The number of rotatable bonds is 72. The van der Waals surface area contributed by atoms with Crippen LogP contribution in [0.2, 0.25) is 0 Å². The van der Waals surface area contributed by atoms with Crippen LogP contribution in [0.4, 0.5) is 0 Å². The van der Waals surface area contributed by atoms with Gasteiger partial charge in [-0.25, -0.2) is 0 Å². The second-order valence-electron chi connectivity index (χ2n) is 27.3. The summed E-state index contributed by atoms with van der Waals surface area (Å²) in [4.78, 5) is 38.2. The van der Waals surface area contributed by atoms with Crippen molar-refractivity contribution in [3.63, 3.8) is 0 Å². The molecule has 0 amide bonds. The molecule has 582 valence electrons. The van der Waals surface area contributed by atoms with E-state index in [-0.39, 0.29) is 26.1 Å². The molecule has 0 bridgehead atoms. The normalized spacial score (nSPS) is 14.3. The number of likely N-dealkylation sites (N-methyl/N-ethyl adjacent to an activating group) is 1. The van der Waals surface area contributed by atoms with E-state index in [1.165, 1.54) is 64.2 Å². The van der Waals surface area contributed by atoms with Gasteiger partial charge in [0.2, 0.25) is 0 Å². The fraction of sp³-hybridized carbons (Fsp3) is 0.553. The van der Waals surface area contributed by atoms with Crippen molar-refractivity contribution >= 4 is 19.8 Å². The summed E-state index contributed by atoms with van der Waals surface area (Å²) in [5.41, 5.74) is 0. The Labute approximate surface area is 638 Å². The number of phosphoric acid groups is 1. The largest absolute Gasteiger partial charge is 0.756 e. The highest BCUT2D eigenvalue weighted by atomic mass is 31.2. The minimum atomic E-state index is -4.67. The van der Waals surface area contributed by atoms with Gasteiger partial charge in [-0.15, -0.1) is 0 Å². The first kappa shape index (κ1) is 97.8. The van der Waals surface area contributed by atoms with E-state index in [1.54, 1.807) is 0 Å². The fourth-order valence-electron chi connectivity index (χ4n) is 10.2. The number of esters is 2. The molecule has 0 N–H and O–H groups in total. The van der Waals surface area contributed by atoms with Crippen molar-refractivity contribution in [1.29, 1.82) is 0 Å². The van der Waals surface area contributed by atoms with E-state index < -0.39 is 32.5 Å². The van der Waals surface area contributed by atoms with Crippen LogP contribution < -0.4 is 4.89 Å². The molecule has 0 saturated heterocycles. The molecule has 10 heteroatoms. The van der Waals surface area contributed by atoms with Gasteiger partial charge in [0, 0.05) is 12.8 Å². The third-order valence-electron chi connectivity index (χ3n) is 16.4. The maximum atomic E-state index is 12.9. The maximum absolute atomic E-state index is 12.9. The van der Waals surface area contributed by atoms with Crippen LogP contribution >= 0.6 is 7.82 Å². The van der Waals surface area contributed by atoms with Crippen molar-refractivity contribution in [2.75, 3.05) is 47.5 Å². The zero-order chi connectivity index (χ0) is 75.4. The quantitative estimate of drug-likeness (QED) is 0.0195. The molecule has 0 aromatic carbocycles. The molecular formula is C94H148NO8P. The summed E-state index contributed by atoms with van der Waals surface area (Å²) in [6, 6.07) is 0. The lowest BCUT2D eigenvalue weighted by molar-refractivity contribution is -0.870. The van der Waals surface area contributed by atoms with Crippen molar-refractivity contribution in [3.8, 4) is 0 Å². The van der Waals surface area contributed by atoms with Gasteiger partial charge in [-0.1, -0.05) is 347 Å². The number of phosphoric ester groups is 1. The second-order valence-corrected chi connectivity index (χ2v) is 28.7. The van der Waals surface area contributed by atoms with Gasteiger partial charge >= 0.3 is 11.9 Å². The Bertz CT molecular complexity index is 2670. The van der Waals surface area contributed by atoms with E-state index in [0.29, 0.717) is 23.9 Å². The summed E-state index contributed by atoms with van der Waals surface area (Å²) in [6.07, 6.45) is 131. The van der Waals surface area contributed by atoms with Crippen LogP contribution in [-0.2, 0) is 32.7 Å². The average Bonchev–Trinajstić information content (AvgIpc) is 0.915. The second kappa shape index (κ2) is 80.9.